The van der Waals surface area contributed by atoms with Crippen molar-refractivity contribution in [2.45, 2.75) is 25.7 Å². The molecule has 168 valence electrons. The third kappa shape index (κ3) is 5.82. The number of benzene rings is 3. The van der Waals surface area contributed by atoms with Gasteiger partial charge in [0, 0.05) is 0 Å². The van der Waals surface area contributed by atoms with Crippen LogP contribution in [0.2, 0.25) is 0 Å². The van der Waals surface area contributed by atoms with E-state index in [0.717, 1.165) is 11.1 Å². The van der Waals surface area contributed by atoms with Gasteiger partial charge >= 0.3 is 166 Å². The van der Waals surface area contributed by atoms with Gasteiger partial charge in [0.1, 0.15) is 0 Å². The van der Waals surface area contributed by atoms with Crippen LogP contribution in [0, 0.1) is 29.2 Å². The van der Waals surface area contributed by atoms with Gasteiger partial charge < -0.3 is 0 Å². The van der Waals surface area contributed by atoms with Crippen LogP contribution in [0.5, 0.6) is 0 Å². The van der Waals surface area contributed by atoms with E-state index in [4.69, 9.17) is 5.21 Å². The molecule has 3 N–H and O–H groups in total. The van der Waals surface area contributed by atoms with Crippen LogP contribution in [0.3, 0.4) is 0 Å². The van der Waals surface area contributed by atoms with Gasteiger partial charge in [0.2, 0.25) is 0 Å². The summed E-state index contributed by atoms with van der Waals surface area (Å²) in [5.74, 6) is -0.494. The van der Waals surface area contributed by atoms with Crippen LogP contribution in [0.1, 0.15) is 27.0 Å². The maximum atomic E-state index is 13.0. The number of rotatable bonds is 7. The van der Waals surface area contributed by atoms with Crippen molar-refractivity contribution in [2.75, 3.05) is 10.0 Å². The zero-order valence-corrected chi connectivity index (χ0v) is 20.6. The molecular weight excluding hydrogens is 545 g/mol. The fourth-order valence-electron chi connectivity index (χ4n) is 2.95. The minimum absolute atomic E-state index is 0.00488. The minimum Gasteiger partial charge on any atom is -0.0461 e. The average Bonchev–Trinajstić information content (AvgIpc) is 2.70. The van der Waals surface area contributed by atoms with E-state index < -0.39 is 37.4 Å². The predicted octanol–water partition coefficient (Wildman–Crippen LogP) is 1.01. The molecule has 0 aliphatic heterocycles. The number of carbonyl (C=O) groups excluding carboxylic acids is 1. The first-order valence-corrected chi connectivity index (χ1v) is 13.0. The molecule has 0 aromatic heterocycles. The number of nitrogens with one attached hydrogen (secondary N) is 2. The third-order valence-corrected chi connectivity index (χ3v) is 7.92. The van der Waals surface area contributed by atoms with Crippen LogP contribution in [-0.2, 0) is 10.0 Å². The number of carbonyl (C=O) groups is 1. The van der Waals surface area contributed by atoms with Gasteiger partial charge in [-0.3, -0.25) is 0 Å². The van der Waals surface area contributed by atoms with Crippen molar-refractivity contribution in [3.05, 3.63) is 91.4 Å². The van der Waals surface area contributed by atoms with Gasteiger partial charge in [-0.25, -0.2) is 0 Å². The summed E-state index contributed by atoms with van der Waals surface area (Å²) < 4.78 is 29.1. The Balaban J connectivity index is 1.85. The molecule has 1 amide bonds. The molecule has 3 aromatic carbocycles. The van der Waals surface area contributed by atoms with E-state index in [2.05, 4.69) is 10.0 Å². The van der Waals surface area contributed by atoms with Crippen molar-refractivity contribution in [1.82, 2.24) is 0 Å². The van der Waals surface area contributed by atoms with Crippen LogP contribution in [0.25, 0.3) is 0 Å². The van der Waals surface area contributed by atoms with E-state index in [9.17, 15) is 18.1 Å². The van der Waals surface area contributed by atoms with Gasteiger partial charge in [0.25, 0.3) is 0 Å². The molecule has 3 rings (SSSR count). The summed E-state index contributed by atoms with van der Waals surface area (Å²) >= 11 is -1.29. The summed E-state index contributed by atoms with van der Waals surface area (Å²) in [6.45, 7) is 5.50. The summed E-state index contributed by atoms with van der Waals surface area (Å²) in [5, 5.41) is 11.6. The number of sulfonamides is 1. The van der Waals surface area contributed by atoms with Crippen molar-refractivity contribution in [3.63, 3.8) is 0 Å². The number of hydrogen-bond acceptors (Lipinski definition) is 4. The maximum absolute atomic E-state index is 13.0. The quantitative estimate of drug-likeness (QED) is 0.224. The third-order valence-electron chi connectivity index (χ3n) is 4.75. The molecule has 0 aliphatic carbocycles. The zero-order chi connectivity index (χ0) is 23.5. The fraction of sp³-hybridized carbons (Fsp3) is 0.136. The summed E-state index contributed by atoms with van der Waals surface area (Å²) in [5.41, 5.74) is 3.56. The molecule has 0 unspecified atom stereocenters. The van der Waals surface area contributed by atoms with Crippen molar-refractivity contribution in [2.24, 2.45) is 0 Å². The normalized spacial score (nSPS) is 11.2. The van der Waals surface area contributed by atoms with E-state index in [1.165, 1.54) is 6.07 Å². The second-order valence-electron chi connectivity index (χ2n) is 7.16. The van der Waals surface area contributed by atoms with Crippen LogP contribution >= 0.6 is 0 Å². The first kappa shape index (κ1) is 23.7. The zero-order valence-electron chi connectivity index (χ0n) is 17.6. The molecule has 8 nitrogen and oxygen atoms in total. The molecule has 32 heavy (non-hydrogen) atoms. The van der Waals surface area contributed by atoms with Crippen LogP contribution in [-0.4, -0.2) is 22.7 Å². The molecule has 0 aliphatic rings. The van der Waals surface area contributed by atoms with Crippen LogP contribution in [0.4, 0.5) is 11.4 Å². The predicted molar refractivity (Wildman–Crippen MR) is 116 cm³/mol. The van der Waals surface area contributed by atoms with Crippen molar-refractivity contribution in [3.8, 4) is 0 Å². The van der Waals surface area contributed by atoms with Gasteiger partial charge in [0.15, 0.2) is 0 Å². The Morgan fingerprint density at radius 1 is 0.906 bits per heavy atom. The second-order valence-corrected chi connectivity index (χ2v) is 11.4. The molecule has 0 saturated heterocycles. The minimum atomic E-state index is -3.92. The molecule has 3 aromatic rings. The summed E-state index contributed by atoms with van der Waals surface area (Å²) in [4.78, 5) is 23.6. The Morgan fingerprint density at radius 2 is 1.62 bits per heavy atom. The molecule has 0 radical (unpaired) electrons. The second kappa shape index (κ2) is 9.65. The monoisotopic (exact) mass is 567 g/mol. The van der Waals surface area contributed by atoms with Crippen LogP contribution in [0.15, 0.2) is 65.6 Å². The number of anilines is 2. The summed E-state index contributed by atoms with van der Waals surface area (Å²) in [6.07, 6.45) is 0. The number of nitrogens with zero attached hydrogens (tertiary/aromatic N) is 1. The van der Waals surface area contributed by atoms with Gasteiger partial charge in [-0.1, -0.05) is 6.07 Å². The Hall–Kier alpha value is -2.99. The van der Waals surface area contributed by atoms with Crippen molar-refractivity contribution in [1.29, 1.82) is 0 Å². The molecule has 0 spiro atoms. The van der Waals surface area contributed by atoms with E-state index in [1.54, 1.807) is 55.5 Å². The van der Waals surface area contributed by atoms with E-state index >= 15 is 0 Å². The molecule has 0 atom stereocenters. The number of halogens is 1. The first-order chi connectivity index (χ1) is 15.0. The van der Waals surface area contributed by atoms with E-state index in [0.29, 0.717) is 20.5 Å². The van der Waals surface area contributed by atoms with Crippen LogP contribution < -0.4 is 31.5 Å². The molecule has 0 heterocycles. The van der Waals surface area contributed by atoms with Crippen molar-refractivity contribution < 1.29 is 43.0 Å². The Kier molecular flexibility index (Phi) is 7.14. The Morgan fingerprint density at radius 3 is 2.31 bits per heavy atom. The number of aryl methyl sites for hydroxylation is 3. The number of hydrogen-bond donors (Lipinski definition) is 3. The molecule has 0 saturated carbocycles. The number of amides is 1. The Labute approximate surface area is 196 Å². The first-order valence-electron chi connectivity index (χ1n) is 9.48. The summed E-state index contributed by atoms with van der Waals surface area (Å²) in [6, 6.07) is 16.3. The van der Waals surface area contributed by atoms with E-state index in [1.807, 2.05) is 19.9 Å². The summed E-state index contributed by atoms with van der Waals surface area (Å²) in [7, 11) is -3.92. The standard InChI is InChI=1S/C22H22IN3O5S/c1-14-8-10-20(11-16(14)3)25-32(30,31)21-12-17(9-7-15(21)2)22(27)24-19-6-4-5-18(13-19)23-26(28)29/h4-13,25H,1-3H3,(H,24,27)(H,28,29). The van der Waals surface area contributed by atoms with Crippen molar-refractivity contribution >= 4 is 27.3 Å². The van der Waals surface area contributed by atoms with Gasteiger partial charge in [-0.15, -0.1) is 0 Å². The molecule has 10 heteroatoms. The molecule has 0 bridgehead atoms. The van der Waals surface area contributed by atoms with Gasteiger partial charge in [-0.05, 0) is 25.0 Å². The Bertz CT molecular complexity index is 1310. The molecule has 0 fully saturated rings. The fourth-order valence-corrected chi connectivity index (χ4v) is 5.59. The molecular formula is C22H22IN3O5S. The topological polar surface area (TPSA) is 116 Å². The van der Waals surface area contributed by atoms with Gasteiger partial charge in [0.05, 0.1) is 0 Å². The average molecular weight is 567 g/mol. The van der Waals surface area contributed by atoms with E-state index in [-0.39, 0.29) is 13.6 Å². The smallest absolute Gasteiger partial charge is 0.0461 e. The van der Waals surface area contributed by atoms with Gasteiger partial charge in [-0.2, -0.15) is 0 Å². The SMILES string of the molecule is Cc1ccc(NS(=O)(=O)c2cc(C(=O)Nc3cccc([I-][N+](=O)O)c3)ccc2C)cc1C.